The SMILES string of the molecule is CN(C)c1cc(Cl)c(-c2ccc(/C=C/C(=O)O)s2)c(Cl)c1. The number of aliphatic carboxylic acids is 1. The van der Waals surface area contributed by atoms with Gasteiger partial charge in [0.05, 0.1) is 10.0 Å². The van der Waals surface area contributed by atoms with Gasteiger partial charge < -0.3 is 10.0 Å². The van der Waals surface area contributed by atoms with Crippen LogP contribution in [0.5, 0.6) is 0 Å². The summed E-state index contributed by atoms with van der Waals surface area (Å²) in [4.78, 5) is 14.2. The predicted molar refractivity (Wildman–Crippen MR) is 90.8 cm³/mol. The number of rotatable bonds is 4. The number of carboxylic acids is 1. The van der Waals surface area contributed by atoms with E-state index in [0.717, 1.165) is 27.1 Å². The summed E-state index contributed by atoms with van der Waals surface area (Å²) >= 11 is 14.1. The Balaban J connectivity index is 2.41. The average molecular weight is 342 g/mol. The third kappa shape index (κ3) is 3.79. The van der Waals surface area contributed by atoms with Gasteiger partial charge in [-0.25, -0.2) is 4.79 Å². The third-order valence-corrected chi connectivity index (χ3v) is 4.47. The van der Waals surface area contributed by atoms with Crippen molar-refractivity contribution < 1.29 is 9.90 Å². The molecule has 0 atom stereocenters. The second kappa shape index (κ2) is 6.52. The molecule has 0 bridgehead atoms. The van der Waals surface area contributed by atoms with Crippen LogP contribution < -0.4 is 4.90 Å². The van der Waals surface area contributed by atoms with Crippen LogP contribution in [0.15, 0.2) is 30.3 Å². The van der Waals surface area contributed by atoms with E-state index in [1.54, 1.807) is 6.08 Å². The van der Waals surface area contributed by atoms with E-state index in [2.05, 4.69) is 0 Å². The molecule has 6 heteroatoms. The van der Waals surface area contributed by atoms with Crippen molar-refractivity contribution in [2.45, 2.75) is 0 Å². The molecule has 3 nitrogen and oxygen atoms in total. The Morgan fingerprint density at radius 1 is 1.24 bits per heavy atom. The molecule has 1 aromatic heterocycles. The monoisotopic (exact) mass is 341 g/mol. The first-order valence-corrected chi connectivity index (χ1v) is 7.63. The van der Waals surface area contributed by atoms with Crippen molar-refractivity contribution in [1.82, 2.24) is 0 Å². The van der Waals surface area contributed by atoms with Gasteiger partial charge >= 0.3 is 5.97 Å². The fraction of sp³-hybridized carbons (Fsp3) is 0.133. The van der Waals surface area contributed by atoms with Gasteiger partial charge in [0, 0.05) is 41.2 Å². The Labute approximate surface area is 137 Å². The molecule has 0 saturated carbocycles. The highest BCUT2D eigenvalue weighted by molar-refractivity contribution is 7.16. The minimum atomic E-state index is -0.976. The van der Waals surface area contributed by atoms with Gasteiger partial charge in [0.1, 0.15) is 0 Å². The molecule has 0 unspecified atom stereocenters. The van der Waals surface area contributed by atoms with Gasteiger partial charge in [-0.2, -0.15) is 0 Å². The van der Waals surface area contributed by atoms with Gasteiger partial charge in [0.15, 0.2) is 0 Å². The number of thiophene rings is 1. The molecular weight excluding hydrogens is 329 g/mol. The van der Waals surface area contributed by atoms with Crippen molar-refractivity contribution in [1.29, 1.82) is 0 Å². The molecule has 0 amide bonds. The van der Waals surface area contributed by atoms with Crippen LogP contribution in [0.3, 0.4) is 0 Å². The van der Waals surface area contributed by atoms with Crippen LogP contribution in [0, 0.1) is 0 Å². The Morgan fingerprint density at radius 3 is 2.38 bits per heavy atom. The molecule has 0 aliphatic rings. The zero-order valence-corrected chi connectivity index (χ0v) is 13.8. The molecule has 0 fully saturated rings. The van der Waals surface area contributed by atoms with E-state index < -0.39 is 5.97 Å². The zero-order valence-electron chi connectivity index (χ0n) is 11.4. The maximum absolute atomic E-state index is 10.5. The summed E-state index contributed by atoms with van der Waals surface area (Å²) in [5.74, 6) is -0.976. The average Bonchev–Trinajstić information content (AvgIpc) is 2.84. The van der Waals surface area contributed by atoms with Crippen LogP contribution in [-0.2, 0) is 4.79 Å². The van der Waals surface area contributed by atoms with Crippen molar-refractivity contribution in [2.75, 3.05) is 19.0 Å². The Hall–Kier alpha value is -1.49. The summed E-state index contributed by atoms with van der Waals surface area (Å²) in [6.45, 7) is 0. The standard InChI is InChI=1S/C15H13Cl2NO2S/c1-18(2)9-7-11(16)15(12(17)8-9)13-5-3-10(21-13)4-6-14(19)20/h3-8H,1-2H3,(H,19,20)/b6-4+. The van der Waals surface area contributed by atoms with E-state index in [0.29, 0.717) is 10.0 Å². The van der Waals surface area contributed by atoms with E-state index in [-0.39, 0.29) is 0 Å². The van der Waals surface area contributed by atoms with Crippen LogP contribution in [0.25, 0.3) is 16.5 Å². The fourth-order valence-electron chi connectivity index (χ4n) is 1.78. The van der Waals surface area contributed by atoms with Crippen molar-refractivity contribution in [2.24, 2.45) is 0 Å². The first-order valence-electron chi connectivity index (χ1n) is 6.06. The zero-order chi connectivity index (χ0) is 15.6. The molecule has 0 radical (unpaired) electrons. The lowest BCUT2D eigenvalue weighted by molar-refractivity contribution is -0.131. The quantitative estimate of drug-likeness (QED) is 0.805. The smallest absolute Gasteiger partial charge is 0.328 e. The van der Waals surface area contributed by atoms with Crippen molar-refractivity contribution >= 4 is 52.3 Å². The number of nitrogens with zero attached hydrogens (tertiary/aromatic N) is 1. The van der Waals surface area contributed by atoms with Crippen LogP contribution in [0.2, 0.25) is 10.0 Å². The molecule has 0 aliphatic heterocycles. The maximum Gasteiger partial charge on any atom is 0.328 e. The highest BCUT2D eigenvalue weighted by Gasteiger charge is 2.13. The van der Waals surface area contributed by atoms with Gasteiger partial charge in [-0.15, -0.1) is 11.3 Å². The lowest BCUT2D eigenvalue weighted by Gasteiger charge is -2.15. The maximum atomic E-state index is 10.5. The van der Waals surface area contributed by atoms with E-state index >= 15 is 0 Å². The summed E-state index contributed by atoms with van der Waals surface area (Å²) in [6, 6.07) is 7.44. The Bertz CT molecular complexity index is 684. The highest BCUT2D eigenvalue weighted by atomic mass is 35.5. The molecule has 110 valence electrons. The van der Waals surface area contributed by atoms with E-state index in [9.17, 15) is 4.79 Å². The number of hydrogen-bond donors (Lipinski definition) is 1. The summed E-state index contributed by atoms with van der Waals surface area (Å²) < 4.78 is 0. The predicted octanol–water partition coefficient (Wildman–Crippen LogP) is 4.89. The van der Waals surface area contributed by atoms with Gasteiger partial charge in [-0.3, -0.25) is 0 Å². The van der Waals surface area contributed by atoms with Crippen LogP contribution in [-0.4, -0.2) is 25.2 Å². The number of carboxylic acid groups (broad SMARTS) is 1. The molecule has 1 heterocycles. The van der Waals surface area contributed by atoms with Crippen LogP contribution >= 0.6 is 34.5 Å². The van der Waals surface area contributed by atoms with Gasteiger partial charge in [0.2, 0.25) is 0 Å². The fourth-order valence-corrected chi connectivity index (χ4v) is 3.56. The lowest BCUT2D eigenvalue weighted by Crippen LogP contribution is -2.08. The molecule has 1 aromatic carbocycles. The van der Waals surface area contributed by atoms with Gasteiger partial charge in [0.25, 0.3) is 0 Å². The minimum absolute atomic E-state index is 0.571. The summed E-state index contributed by atoms with van der Waals surface area (Å²) in [5, 5.41) is 9.78. The Kier molecular flexibility index (Phi) is 4.93. The number of carbonyl (C=O) groups is 1. The first-order chi connectivity index (χ1) is 9.88. The topological polar surface area (TPSA) is 40.5 Å². The first kappa shape index (κ1) is 15.9. The molecule has 0 spiro atoms. The van der Waals surface area contributed by atoms with Crippen molar-refractivity contribution in [3.63, 3.8) is 0 Å². The van der Waals surface area contributed by atoms with E-state index in [1.807, 2.05) is 43.3 Å². The number of hydrogen-bond acceptors (Lipinski definition) is 3. The number of halogens is 2. The van der Waals surface area contributed by atoms with E-state index in [1.165, 1.54) is 11.3 Å². The second-order valence-corrected chi connectivity index (χ2v) is 6.48. The lowest BCUT2D eigenvalue weighted by atomic mass is 10.1. The summed E-state index contributed by atoms with van der Waals surface area (Å²) in [7, 11) is 3.84. The molecule has 1 N–H and O–H groups in total. The van der Waals surface area contributed by atoms with Crippen LogP contribution in [0.4, 0.5) is 5.69 Å². The van der Waals surface area contributed by atoms with Gasteiger partial charge in [-0.1, -0.05) is 23.2 Å². The Morgan fingerprint density at radius 2 is 1.86 bits per heavy atom. The van der Waals surface area contributed by atoms with E-state index in [4.69, 9.17) is 28.3 Å². The second-order valence-electron chi connectivity index (χ2n) is 4.55. The number of benzene rings is 1. The molecule has 2 aromatic rings. The third-order valence-electron chi connectivity index (χ3n) is 2.81. The summed E-state index contributed by atoms with van der Waals surface area (Å²) in [5.41, 5.74) is 1.69. The molecule has 2 rings (SSSR count). The number of anilines is 1. The van der Waals surface area contributed by atoms with Crippen LogP contribution in [0.1, 0.15) is 4.88 Å². The highest BCUT2D eigenvalue weighted by Crippen LogP contribution is 2.41. The normalized spacial score (nSPS) is 11.0. The molecular formula is C15H13Cl2NO2S. The summed E-state index contributed by atoms with van der Waals surface area (Å²) in [6.07, 6.45) is 2.65. The molecule has 0 saturated heterocycles. The molecule has 21 heavy (non-hydrogen) atoms. The van der Waals surface area contributed by atoms with Crippen molar-refractivity contribution in [3.05, 3.63) is 45.3 Å². The minimum Gasteiger partial charge on any atom is -0.478 e. The molecule has 0 aliphatic carbocycles. The largest absolute Gasteiger partial charge is 0.478 e. The van der Waals surface area contributed by atoms with Gasteiger partial charge in [-0.05, 0) is 30.3 Å². The van der Waals surface area contributed by atoms with Crippen molar-refractivity contribution in [3.8, 4) is 10.4 Å².